The summed E-state index contributed by atoms with van der Waals surface area (Å²) in [4.78, 5) is 6.83. The predicted octanol–water partition coefficient (Wildman–Crippen LogP) is 0.844. The van der Waals surface area contributed by atoms with E-state index in [-0.39, 0.29) is 0 Å². The van der Waals surface area contributed by atoms with Crippen LogP contribution in [0.5, 0.6) is 0 Å². The number of hydrogen-bond acceptors (Lipinski definition) is 3. The third kappa shape index (κ3) is 2.10. The maximum absolute atomic E-state index is 4.47. The largest absolute Gasteiger partial charge is 0.354 e. The summed E-state index contributed by atoms with van der Waals surface area (Å²) in [6, 6.07) is 0. The van der Waals surface area contributed by atoms with Crippen molar-refractivity contribution in [3.8, 4) is 0 Å². The van der Waals surface area contributed by atoms with Crippen LogP contribution in [0, 0.1) is 5.92 Å². The minimum absolute atomic E-state index is 0.617. The molecule has 1 fully saturated rings. The maximum atomic E-state index is 4.47. The number of nitrogens with one attached hydrogen (secondary N) is 1. The lowest BCUT2D eigenvalue weighted by molar-refractivity contribution is 0.294. The fourth-order valence-corrected chi connectivity index (χ4v) is 1.71. The molecule has 1 unspecified atom stereocenters. The molecule has 2 heterocycles. The molecule has 2 aliphatic rings. The van der Waals surface area contributed by atoms with Gasteiger partial charge in [0.05, 0.1) is 0 Å². The molecule has 2 aliphatic heterocycles. The van der Waals surface area contributed by atoms with Crippen LogP contribution in [0.1, 0.15) is 13.3 Å². The maximum Gasteiger partial charge on any atom is 0.124 e. The van der Waals surface area contributed by atoms with Crippen molar-refractivity contribution in [3.63, 3.8) is 0 Å². The van der Waals surface area contributed by atoms with Crippen molar-refractivity contribution < 1.29 is 0 Å². The Balaban J connectivity index is 1.96. The summed E-state index contributed by atoms with van der Waals surface area (Å²) in [6.45, 7) is 6.56. The summed E-state index contributed by atoms with van der Waals surface area (Å²) in [5.41, 5.74) is 0. The second-order valence-corrected chi connectivity index (χ2v) is 3.79. The first-order valence-electron chi connectivity index (χ1n) is 5.06. The van der Waals surface area contributed by atoms with E-state index in [9.17, 15) is 0 Å². The minimum atomic E-state index is 0.617. The first-order valence-corrected chi connectivity index (χ1v) is 5.06. The van der Waals surface area contributed by atoms with Crippen molar-refractivity contribution in [3.05, 3.63) is 11.9 Å². The van der Waals surface area contributed by atoms with Crippen molar-refractivity contribution in [2.75, 3.05) is 26.2 Å². The Hall–Kier alpha value is -0.830. The molecule has 1 N–H and O–H groups in total. The Bertz CT molecular complexity index is 226. The Morgan fingerprint density at radius 3 is 2.85 bits per heavy atom. The van der Waals surface area contributed by atoms with E-state index in [0.717, 1.165) is 32.6 Å². The average Bonchev–Trinajstić information content (AvgIpc) is 2.20. The summed E-state index contributed by atoms with van der Waals surface area (Å²) < 4.78 is 0. The number of allylic oxidation sites excluding steroid dienone is 1. The van der Waals surface area contributed by atoms with Crippen LogP contribution in [0.15, 0.2) is 16.9 Å². The van der Waals surface area contributed by atoms with E-state index in [2.05, 4.69) is 34.4 Å². The lowest BCUT2D eigenvalue weighted by Gasteiger charge is -2.30. The first kappa shape index (κ1) is 8.75. The number of piperazine rings is 1. The molecule has 0 aromatic carbocycles. The van der Waals surface area contributed by atoms with Crippen molar-refractivity contribution in [2.24, 2.45) is 10.9 Å². The van der Waals surface area contributed by atoms with Crippen molar-refractivity contribution in [2.45, 2.75) is 13.3 Å². The van der Waals surface area contributed by atoms with Crippen molar-refractivity contribution in [1.82, 2.24) is 10.2 Å². The molecule has 0 spiro atoms. The van der Waals surface area contributed by atoms with E-state index in [1.165, 1.54) is 5.82 Å². The van der Waals surface area contributed by atoms with Crippen LogP contribution in [0.2, 0.25) is 0 Å². The molecule has 0 aromatic heterocycles. The summed E-state index contributed by atoms with van der Waals surface area (Å²) in [5.74, 6) is 1.80. The van der Waals surface area contributed by atoms with E-state index in [1.54, 1.807) is 0 Å². The van der Waals surface area contributed by atoms with Gasteiger partial charge in [-0.05, 0) is 18.4 Å². The van der Waals surface area contributed by atoms with Gasteiger partial charge in [-0.25, -0.2) is 4.99 Å². The zero-order valence-electron chi connectivity index (χ0n) is 8.16. The molecule has 3 nitrogen and oxygen atoms in total. The molecule has 2 rings (SSSR count). The van der Waals surface area contributed by atoms with Gasteiger partial charge < -0.3 is 10.2 Å². The van der Waals surface area contributed by atoms with Gasteiger partial charge in [-0.15, -0.1) is 0 Å². The van der Waals surface area contributed by atoms with Crippen molar-refractivity contribution in [1.29, 1.82) is 0 Å². The molecule has 0 aromatic rings. The fraction of sp³-hybridized carbons (Fsp3) is 0.700. The summed E-state index contributed by atoms with van der Waals surface area (Å²) in [7, 11) is 0. The zero-order chi connectivity index (χ0) is 9.10. The van der Waals surface area contributed by atoms with Gasteiger partial charge in [-0.1, -0.05) is 6.92 Å². The quantitative estimate of drug-likeness (QED) is 0.646. The van der Waals surface area contributed by atoms with E-state index in [0.29, 0.717) is 5.92 Å². The monoisotopic (exact) mass is 179 g/mol. The van der Waals surface area contributed by atoms with Crippen LogP contribution < -0.4 is 5.32 Å². The third-order valence-corrected chi connectivity index (χ3v) is 2.57. The molecule has 1 saturated heterocycles. The highest BCUT2D eigenvalue weighted by Gasteiger charge is 2.14. The van der Waals surface area contributed by atoms with E-state index in [1.807, 2.05) is 0 Å². The van der Waals surface area contributed by atoms with E-state index in [4.69, 9.17) is 0 Å². The highest BCUT2D eigenvalue weighted by atomic mass is 15.3. The van der Waals surface area contributed by atoms with Gasteiger partial charge in [-0.3, -0.25) is 0 Å². The number of nitrogens with zero attached hydrogens (tertiary/aromatic N) is 2. The third-order valence-electron chi connectivity index (χ3n) is 2.57. The standard InChI is InChI=1S/C10H17N3/c1-9-2-3-10(12-8-9)13-6-4-11-5-7-13/h3,8-9,11H,2,4-7H2,1H3. The van der Waals surface area contributed by atoms with Crippen LogP contribution in [0.3, 0.4) is 0 Å². The molecule has 0 aliphatic carbocycles. The van der Waals surface area contributed by atoms with Crippen LogP contribution >= 0.6 is 0 Å². The zero-order valence-corrected chi connectivity index (χ0v) is 8.16. The number of hydrogen-bond donors (Lipinski definition) is 1. The SMILES string of the molecule is CC1C=NC(N2CCNCC2)=CC1. The van der Waals surface area contributed by atoms with Crippen LogP contribution in [0.25, 0.3) is 0 Å². The molecule has 0 saturated carbocycles. The second-order valence-electron chi connectivity index (χ2n) is 3.79. The Morgan fingerprint density at radius 1 is 1.46 bits per heavy atom. The molecule has 13 heavy (non-hydrogen) atoms. The normalized spacial score (nSPS) is 28.8. The van der Waals surface area contributed by atoms with Crippen LogP contribution in [-0.2, 0) is 0 Å². The van der Waals surface area contributed by atoms with E-state index < -0.39 is 0 Å². The highest BCUT2D eigenvalue weighted by molar-refractivity contribution is 5.63. The van der Waals surface area contributed by atoms with Crippen molar-refractivity contribution >= 4 is 6.21 Å². The number of aliphatic imine (C=N–C) groups is 1. The molecule has 72 valence electrons. The Kier molecular flexibility index (Phi) is 2.64. The summed E-state index contributed by atoms with van der Waals surface area (Å²) in [5, 5.41) is 3.34. The second kappa shape index (κ2) is 3.92. The molecule has 0 bridgehead atoms. The van der Waals surface area contributed by atoms with Gasteiger partial charge >= 0.3 is 0 Å². The topological polar surface area (TPSA) is 27.6 Å². The lowest BCUT2D eigenvalue weighted by atomic mass is 10.1. The van der Waals surface area contributed by atoms with Gasteiger partial charge in [0.25, 0.3) is 0 Å². The molecule has 1 atom stereocenters. The molecular weight excluding hydrogens is 162 g/mol. The smallest absolute Gasteiger partial charge is 0.124 e. The molecule has 0 radical (unpaired) electrons. The summed E-state index contributed by atoms with van der Waals surface area (Å²) >= 11 is 0. The first-order chi connectivity index (χ1) is 6.36. The van der Waals surface area contributed by atoms with Gasteiger partial charge in [0, 0.05) is 32.4 Å². The van der Waals surface area contributed by atoms with Crippen LogP contribution in [-0.4, -0.2) is 37.3 Å². The molecular formula is C10H17N3. The Labute approximate surface area is 79.5 Å². The average molecular weight is 179 g/mol. The molecule has 0 amide bonds. The predicted molar refractivity (Wildman–Crippen MR) is 54.8 cm³/mol. The van der Waals surface area contributed by atoms with Gasteiger partial charge in [0.1, 0.15) is 5.82 Å². The fourth-order valence-electron chi connectivity index (χ4n) is 1.71. The van der Waals surface area contributed by atoms with Crippen LogP contribution in [0.4, 0.5) is 0 Å². The van der Waals surface area contributed by atoms with E-state index >= 15 is 0 Å². The van der Waals surface area contributed by atoms with Gasteiger partial charge in [0.2, 0.25) is 0 Å². The minimum Gasteiger partial charge on any atom is -0.354 e. The Morgan fingerprint density at radius 2 is 2.23 bits per heavy atom. The summed E-state index contributed by atoms with van der Waals surface area (Å²) in [6.07, 6.45) is 5.47. The lowest BCUT2D eigenvalue weighted by Crippen LogP contribution is -2.42. The highest BCUT2D eigenvalue weighted by Crippen LogP contribution is 2.15. The number of rotatable bonds is 1. The van der Waals surface area contributed by atoms with Gasteiger partial charge in [-0.2, -0.15) is 0 Å². The molecule has 3 heteroatoms. The van der Waals surface area contributed by atoms with Gasteiger partial charge in [0.15, 0.2) is 0 Å².